The Morgan fingerprint density at radius 1 is 1.24 bits per heavy atom. The minimum Gasteiger partial charge on any atom is -0.344 e. The monoisotopic (exact) mass is 340 g/mol. The molecular formula is C17H20N6O2. The molecule has 3 aromatic heterocycles. The second-order valence-corrected chi connectivity index (χ2v) is 6.11. The van der Waals surface area contributed by atoms with Gasteiger partial charge >= 0.3 is 0 Å². The number of nitrogens with zero attached hydrogens (tertiary/aromatic N) is 3. The summed E-state index contributed by atoms with van der Waals surface area (Å²) in [7, 11) is 0. The zero-order chi connectivity index (χ0) is 18.0. The normalized spacial score (nSPS) is 12.3. The van der Waals surface area contributed by atoms with E-state index in [9.17, 15) is 9.59 Å². The quantitative estimate of drug-likeness (QED) is 0.659. The van der Waals surface area contributed by atoms with Crippen molar-refractivity contribution in [2.45, 2.75) is 32.7 Å². The van der Waals surface area contributed by atoms with E-state index in [2.05, 4.69) is 25.6 Å². The Hall–Kier alpha value is -3.16. The molecule has 0 fully saturated rings. The number of aromatic nitrogens is 5. The molecule has 1 atom stereocenters. The largest absolute Gasteiger partial charge is 0.344 e. The molecule has 3 aromatic rings. The Morgan fingerprint density at radius 2 is 2.04 bits per heavy atom. The first-order valence-electron chi connectivity index (χ1n) is 8.05. The van der Waals surface area contributed by atoms with Gasteiger partial charge in [-0.1, -0.05) is 19.9 Å². The highest BCUT2D eigenvalue weighted by Gasteiger charge is 2.23. The van der Waals surface area contributed by atoms with Gasteiger partial charge in [-0.25, -0.2) is 9.67 Å². The van der Waals surface area contributed by atoms with Crippen LogP contribution in [0.25, 0.3) is 5.82 Å². The fourth-order valence-electron chi connectivity index (χ4n) is 2.68. The Labute approximate surface area is 144 Å². The van der Waals surface area contributed by atoms with Crippen molar-refractivity contribution in [2.24, 2.45) is 0 Å². The average Bonchev–Trinajstić information content (AvgIpc) is 3.22. The summed E-state index contributed by atoms with van der Waals surface area (Å²) >= 11 is 0. The van der Waals surface area contributed by atoms with Crippen molar-refractivity contribution in [2.75, 3.05) is 0 Å². The molecule has 25 heavy (non-hydrogen) atoms. The molecule has 130 valence electrons. The summed E-state index contributed by atoms with van der Waals surface area (Å²) in [6.45, 7) is 5.80. The molecule has 0 radical (unpaired) electrons. The highest BCUT2D eigenvalue weighted by molar-refractivity contribution is 5.95. The van der Waals surface area contributed by atoms with Gasteiger partial charge in [0, 0.05) is 12.3 Å². The summed E-state index contributed by atoms with van der Waals surface area (Å²) in [6.07, 6.45) is 3.23. The molecule has 1 amide bonds. The lowest BCUT2D eigenvalue weighted by Crippen LogP contribution is -2.28. The lowest BCUT2D eigenvalue weighted by molar-refractivity contribution is 0.0937. The van der Waals surface area contributed by atoms with Gasteiger partial charge in [-0.2, -0.15) is 5.10 Å². The van der Waals surface area contributed by atoms with E-state index in [0.717, 1.165) is 5.69 Å². The molecule has 0 aliphatic rings. The van der Waals surface area contributed by atoms with Gasteiger partial charge in [0.25, 0.3) is 11.5 Å². The highest BCUT2D eigenvalue weighted by atomic mass is 16.2. The Morgan fingerprint density at radius 3 is 2.64 bits per heavy atom. The molecule has 0 saturated heterocycles. The van der Waals surface area contributed by atoms with Crippen molar-refractivity contribution in [3.8, 4) is 5.82 Å². The molecule has 0 aliphatic carbocycles. The molecule has 0 bridgehead atoms. The maximum atomic E-state index is 12.7. The zero-order valence-corrected chi connectivity index (χ0v) is 14.3. The topological polar surface area (TPSA) is 108 Å². The third-order valence-electron chi connectivity index (χ3n) is 3.89. The van der Waals surface area contributed by atoms with Crippen molar-refractivity contribution in [1.29, 1.82) is 0 Å². The van der Waals surface area contributed by atoms with E-state index < -0.39 is 0 Å². The van der Waals surface area contributed by atoms with Crippen LogP contribution in [0.5, 0.6) is 0 Å². The van der Waals surface area contributed by atoms with E-state index in [4.69, 9.17) is 0 Å². The molecule has 8 heteroatoms. The molecule has 0 aromatic carbocycles. The number of carbonyl (C=O) groups is 1. The Kier molecular flexibility index (Phi) is 4.51. The summed E-state index contributed by atoms with van der Waals surface area (Å²) in [5.74, 6) is 0.487. The summed E-state index contributed by atoms with van der Waals surface area (Å²) < 4.78 is 1.68. The number of carbonyl (C=O) groups excluding carboxylic acids is 1. The van der Waals surface area contributed by atoms with Crippen LogP contribution >= 0.6 is 0 Å². The van der Waals surface area contributed by atoms with Crippen LogP contribution in [0.4, 0.5) is 0 Å². The summed E-state index contributed by atoms with van der Waals surface area (Å²) in [4.78, 5) is 28.3. The molecule has 3 heterocycles. The molecule has 3 N–H and O–H groups in total. The predicted molar refractivity (Wildman–Crippen MR) is 92.7 cm³/mol. The minimum atomic E-state index is -0.343. The van der Waals surface area contributed by atoms with Crippen LogP contribution in [-0.4, -0.2) is 30.9 Å². The summed E-state index contributed by atoms with van der Waals surface area (Å²) in [5.41, 5.74) is 1.65. The predicted octanol–water partition coefficient (Wildman–Crippen LogP) is 1.90. The standard InChI is InChI=1S/C17H20N6O2/c1-10(2)16-12(9-19-23(16)14-6-4-5-7-18-14)17(25)20-11(3)13-8-15(24)22-21-13/h4-11H,1-3H3,(H,20,25)(H2,21,22,24). The number of pyridine rings is 1. The van der Waals surface area contributed by atoms with E-state index in [1.54, 1.807) is 24.0 Å². The smallest absolute Gasteiger partial charge is 0.264 e. The Balaban J connectivity index is 1.90. The van der Waals surface area contributed by atoms with E-state index in [1.165, 1.54) is 6.07 Å². The molecule has 8 nitrogen and oxygen atoms in total. The minimum absolute atomic E-state index is 0.0765. The number of aromatic amines is 2. The summed E-state index contributed by atoms with van der Waals surface area (Å²) in [5, 5.41) is 12.4. The van der Waals surface area contributed by atoms with Crippen LogP contribution in [0.15, 0.2) is 41.5 Å². The van der Waals surface area contributed by atoms with Gasteiger partial charge in [0.05, 0.1) is 29.2 Å². The fraction of sp³-hybridized carbons (Fsp3) is 0.294. The molecule has 3 rings (SSSR count). The van der Waals surface area contributed by atoms with Crippen LogP contribution in [0.3, 0.4) is 0 Å². The number of rotatable bonds is 5. The van der Waals surface area contributed by atoms with Gasteiger partial charge < -0.3 is 10.4 Å². The number of H-pyrrole nitrogens is 2. The fourth-order valence-corrected chi connectivity index (χ4v) is 2.68. The van der Waals surface area contributed by atoms with Gasteiger partial charge in [0.2, 0.25) is 0 Å². The number of hydrogen-bond donors (Lipinski definition) is 3. The lowest BCUT2D eigenvalue weighted by Gasteiger charge is -2.14. The van der Waals surface area contributed by atoms with E-state index in [0.29, 0.717) is 17.1 Å². The van der Waals surface area contributed by atoms with Gasteiger partial charge in [0.15, 0.2) is 5.82 Å². The molecular weight excluding hydrogens is 320 g/mol. The van der Waals surface area contributed by atoms with Gasteiger partial charge in [-0.05, 0) is 25.0 Å². The first-order valence-corrected chi connectivity index (χ1v) is 8.05. The van der Waals surface area contributed by atoms with Crippen molar-refractivity contribution in [3.63, 3.8) is 0 Å². The van der Waals surface area contributed by atoms with Crippen LogP contribution in [-0.2, 0) is 0 Å². The van der Waals surface area contributed by atoms with Crippen molar-refractivity contribution < 1.29 is 4.79 Å². The second kappa shape index (κ2) is 6.76. The third-order valence-corrected chi connectivity index (χ3v) is 3.89. The molecule has 0 aliphatic heterocycles. The van der Waals surface area contributed by atoms with E-state index in [1.807, 2.05) is 32.0 Å². The van der Waals surface area contributed by atoms with E-state index in [-0.39, 0.29) is 23.4 Å². The second-order valence-electron chi connectivity index (χ2n) is 6.11. The zero-order valence-electron chi connectivity index (χ0n) is 14.3. The van der Waals surface area contributed by atoms with Gasteiger partial charge in [0.1, 0.15) is 0 Å². The third kappa shape index (κ3) is 3.37. The molecule has 1 unspecified atom stereocenters. The van der Waals surface area contributed by atoms with Crippen LogP contribution in [0.1, 0.15) is 54.5 Å². The van der Waals surface area contributed by atoms with Gasteiger partial charge in [-0.15, -0.1) is 0 Å². The van der Waals surface area contributed by atoms with Crippen LogP contribution in [0.2, 0.25) is 0 Å². The first kappa shape index (κ1) is 16.7. The lowest BCUT2D eigenvalue weighted by atomic mass is 10.0. The first-order chi connectivity index (χ1) is 12.0. The molecule has 0 spiro atoms. The van der Waals surface area contributed by atoms with E-state index >= 15 is 0 Å². The SMILES string of the molecule is CC(C)c1c(C(=O)NC(C)c2cc(=O)[nH][nH]2)cnn1-c1ccccn1. The van der Waals surface area contributed by atoms with Crippen molar-refractivity contribution in [3.05, 3.63) is 64.0 Å². The summed E-state index contributed by atoms with van der Waals surface area (Å²) in [6, 6.07) is 6.62. The van der Waals surface area contributed by atoms with Crippen LogP contribution in [0, 0.1) is 0 Å². The number of amides is 1. The maximum Gasteiger partial charge on any atom is 0.264 e. The van der Waals surface area contributed by atoms with Gasteiger partial charge in [-0.3, -0.25) is 14.7 Å². The Bertz CT molecular complexity index is 922. The maximum absolute atomic E-state index is 12.7. The van der Waals surface area contributed by atoms with Crippen molar-refractivity contribution >= 4 is 5.91 Å². The molecule has 0 saturated carbocycles. The van der Waals surface area contributed by atoms with Crippen molar-refractivity contribution in [1.82, 2.24) is 30.3 Å². The number of hydrogen-bond acceptors (Lipinski definition) is 4. The highest BCUT2D eigenvalue weighted by Crippen LogP contribution is 2.22. The van der Waals surface area contributed by atoms with Crippen LogP contribution < -0.4 is 10.9 Å². The average molecular weight is 340 g/mol. The number of nitrogens with one attached hydrogen (secondary N) is 3.